The largest absolute Gasteiger partial charge is 0.460 e. The smallest absolute Gasteiger partial charge is 0.331 e. The summed E-state index contributed by atoms with van der Waals surface area (Å²) in [7, 11) is 1.21. The number of aliphatic hydroxyl groups is 2. The fraction of sp³-hybridized carbons (Fsp3) is 0.213. The van der Waals surface area contributed by atoms with Crippen molar-refractivity contribution in [2.24, 2.45) is 5.16 Å². The molecule has 0 radical (unpaired) electrons. The number of ether oxygens (including phenoxy) is 5. The Labute approximate surface area is 356 Å². The number of rotatable bonds is 18. The van der Waals surface area contributed by atoms with Crippen LogP contribution in [0.2, 0.25) is 0 Å². The molecule has 2 N–H and O–H groups in total. The zero-order chi connectivity index (χ0) is 44.5. The molecular formula is C47H45F2NO12. The second-order valence-electron chi connectivity index (χ2n) is 13.0. The molecule has 5 rings (SSSR count). The van der Waals surface area contributed by atoms with Crippen LogP contribution in [-0.4, -0.2) is 104 Å². The van der Waals surface area contributed by atoms with Gasteiger partial charge in [-0.15, -0.1) is 0 Å². The second-order valence-corrected chi connectivity index (χ2v) is 13.0. The molecule has 15 heteroatoms. The minimum absolute atomic E-state index is 0.379. The van der Waals surface area contributed by atoms with Crippen molar-refractivity contribution >= 4 is 54.4 Å². The Balaban J connectivity index is 0.000000273. The summed E-state index contributed by atoms with van der Waals surface area (Å²) in [4.78, 5) is 52.4. The molecule has 1 heterocycles. The fourth-order valence-electron chi connectivity index (χ4n) is 5.32. The van der Waals surface area contributed by atoms with Gasteiger partial charge in [0.25, 0.3) is 0 Å². The highest BCUT2D eigenvalue weighted by Gasteiger charge is 2.47. The van der Waals surface area contributed by atoms with Gasteiger partial charge in [0.05, 0.1) is 6.21 Å². The fourth-order valence-corrected chi connectivity index (χ4v) is 5.32. The van der Waals surface area contributed by atoms with Gasteiger partial charge in [-0.1, -0.05) is 126 Å². The summed E-state index contributed by atoms with van der Waals surface area (Å²) in [5, 5.41) is 23.2. The average molecular weight is 854 g/mol. The van der Waals surface area contributed by atoms with E-state index in [0.29, 0.717) is 0 Å². The number of hydrogen-bond acceptors (Lipinski definition) is 13. The molecule has 4 aromatic rings. The van der Waals surface area contributed by atoms with Crippen LogP contribution in [0.15, 0.2) is 151 Å². The zero-order valence-electron chi connectivity index (χ0n) is 33.4. The first kappa shape index (κ1) is 47.6. The highest BCUT2D eigenvalue weighted by Crippen LogP contribution is 2.26. The lowest BCUT2D eigenvalue weighted by Crippen LogP contribution is -2.42. The van der Waals surface area contributed by atoms with E-state index >= 15 is 0 Å². The summed E-state index contributed by atoms with van der Waals surface area (Å²) in [6.07, 6.45) is -0.0998. The Hall–Kier alpha value is -7.07. The topological polar surface area (TPSA) is 176 Å². The minimum Gasteiger partial charge on any atom is -0.460 e. The van der Waals surface area contributed by atoms with Crippen LogP contribution in [0, 0.1) is 0 Å². The number of esters is 4. The molecule has 0 spiro atoms. The number of benzene rings is 4. The number of aliphatic hydroxyl groups excluding tert-OH is 2. The van der Waals surface area contributed by atoms with Crippen molar-refractivity contribution < 1.29 is 66.7 Å². The third-order valence-electron chi connectivity index (χ3n) is 8.41. The van der Waals surface area contributed by atoms with Gasteiger partial charge in [0.15, 0.2) is 30.8 Å². The standard InChI is InChI=1S/C24H24FNO6.C23H21FO6/c1-30-26-16-20(25)24(32-23(29)15-13-19-10-6-3-7-11-19)21(27)17-31-22(28)14-12-18-8-4-2-5-9-18;24-21-22(30-20(26)14-12-17-9-5-2-6-10-17)18(29-23(21)27)15-28-19(25)13-11-16-7-3-1-4-8-16/h2-16,20-21,24,27H,17H2,1H3;1-14,18,21-23,27H,15H2/b14-12+,15-13+,26-16?;13-11+,14-12+/t20-,21-,24+;18-,21+,22-,23?/m11/s1. The molecule has 13 nitrogen and oxygen atoms in total. The molecule has 0 aromatic heterocycles. The molecule has 0 aliphatic carbocycles. The van der Waals surface area contributed by atoms with Crippen molar-refractivity contribution in [3.8, 4) is 0 Å². The highest BCUT2D eigenvalue weighted by molar-refractivity contribution is 5.89. The van der Waals surface area contributed by atoms with Gasteiger partial charge in [-0.05, 0) is 46.6 Å². The van der Waals surface area contributed by atoms with E-state index < -0.39 is 73.5 Å². The number of carbonyl (C=O) groups is 4. The van der Waals surface area contributed by atoms with Gasteiger partial charge >= 0.3 is 23.9 Å². The summed E-state index contributed by atoms with van der Waals surface area (Å²) in [5.74, 6) is -3.11. The number of oxime groups is 1. The van der Waals surface area contributed by atoms with Crippen LogP contribution in [0.5, 0.6) is 0 Å². The molecule has 0 amide bonds. The molecule has 7 atom stereocenters. The van der Waals surface area contributed by atoms with Crippen LogP contribution in [0.3, 0.4) is 0 Å². The second kappa shape index (κ2) is 26.2. The number of halogens is 2. The first-order chi connectivity index (χ1) is 30.0. The van der Waals surface area contributed by atoms with E-state index in [2.05, 4.69) is 9.99 Å². The van der Waals surface area contributed by atoms with Crippen molar-refractivity contribution in [1.82, 2.24) is 0 Å². The summed E-state index contributed by atoms with van der Waals surface area (Å²) in [6, 6.07) is 36.1. The van der Waals surface area contributed by atoms with E-state index in [0.717, 1.165) is 40.6 Å². The predicted molar refractivity (Wildman–Crippen MR) is 226 cm³/mol. The van der Waals surface area contributed by atoms with Crippen LogP contribution in [0.1, 0.15) is 22.3 Å². The van der Waals surface area contributed by atoms with E-state index in [4.69, 9.17) is 23.7 Å². The maximum atomic E-state index is 14.5. The lowest BCUT2D eigenvalue weighted by atomic mass is 10.1. The highest BCUT2D eigenvalue weighted by atomic mass is 19.1. The van der Waals surface area contributed by atoms with E-state index in [1.54, 1.807) is 66.7 Å². The number of hydrogen-bond donors (Lipinski definition) is 2. The van der Waals surface area contributed by atoms with Crippen LogP contribution in [0.4, 0.5) is 8.78 Å². The van der Waals surface area contributed by atoms with Gasteiger partial charge in [0, 0.05) is 24.3 Å². The lowest BCUT2D eigenvalue weighted by molar-refractivity contribution is -0.158. The Kier molecular flexibility index (Phi) is 20.1. The normalized spacial score (nSPS) is 18.9. The molecule has 1 fully saturated rings. The first-order valence-corrected chi connectivity index (χ1v) is 19.1. The van der Waals surface area contributed by atoms with Gasteiger partial charge in [-0.25, -0.2) is 28.0 Å². The number of nitrogens with zero attached hydrogens (tertiary/aromatic N) is 1. The molecule has 4 aromatic carbocycles. The van der Waals surface area contributed by atoms with E-state index in [1.165, 1.54) is 37.5 Å². The van der Waals surface area contributed by atoms with Crippen molar-refractivity contribution in [1.29, 1.82) is 0 Å². The van der Waals surface area contributed by atoms with E-state index in [1.807, 2.05) is 60.7 Å². The molecule has 1 saturated heterocycles. The summed E-state index contributed by atoms with van der Waals surface area (Å²) in [5.41, 5.74) is 3.09. The zero-order valence-corrected chi connectivity index (χ0v) is 33.4. The Bertz CT molecular complexity index is 2130. The Morgan fingerprint density at radius 1 is 0.677 bits per heavy atom. The summed E-state index contributed by atoms with van der Waals surface area (Å²) in [6.45, 7) is -0.977. The number of alkyl halides is 2. The third-order valence-corrected chi connectivity index (χ3v) is 8.41. The van der Waals surface area contributed by atoms with Gasteiger partial charge in [-0.2, -0.15) is 0 Å². The molecule has 62 heavy (non-hydrogen) atoms. The third kappa shape index (κ3) is 17.3. The van der Waals surface area contributed by atoms with Crippen LogP contribution >= 0.6 is 0 Å². The molecular weight excluding hydrogens is 809 g/mol. The van der Waals surface area contributed by atoms with Crippen molar-refractivity contribution in [2.45, 2.75) is 43.0 Å². The van der Waals surface area contributed by atoms with Gasteiger partial charge in [0.1, 0.15) is 32.5 Å². The van der Waals surface area contributed by atoms with Crippen molar-refractivity contribution in [3.63, 3.8) is 0 Å². The average Bonchev–Trinajstić information content (AvgIpc) is 3.57. The quantitative estimate of drug-likeness (QED) is 0.0386. The molecule has 1 aliphatic heterocycles. The summed E-state index contributed by atoms with van der Waals surface area (Å²) >= 11 is 0. The van der Waals surface area contributed by atoms with Crippen molar-refractivity contribution in [2.75, 3.05) is 20.3 Å². The van der Waals surface area contributed by atoms with Gasteiger partial charge < -0.3 is 38.7 Å². The Morgan fingerprint density at radius 2 is 1.10 bits per heavy atom. The van der Waals surface area contributed by atoms with E-state index in [9.17, 15) is 38.2 Å². The minimum atomic E-state index is -2.00. The molecule has 0 saturated carbocycles. The molecule has 0 bridgehead atoms. The van der Waals surface area contributed by atoms with Crippen LogP contribution in [0.25, 0.3) is 24.3 Å². The van der Waals surface area contributed by atoms with Crippen molar-refractivity contribution in [3.05, 3.63) is 168 Å². The first-order valence-electron chi connectivity index (χ1n) is 19.1. The lowest BCUT2D eigenvalue weighted by Gasteiger charge is -2.23. The summed E-state index contributed by atoms with van der Waals surface area (Å²) < 4.78 is 53.9. The monoisotopic (exact) mass is 853 g/mol. The molecule has 1 unspecified atom stereocenters. The number of carbonyl (C=O) groups excluding carboxylic acids is 4. The van der Waals surface area contributed by atoms with Crippen LogP contribution in [-0.2, 0) is 47.7 Å². The SMILES string of the molecule is CON=C[C@@H](F)[C@H](OC(=O)/C=C/c1ccccc1)[C@H](O)COC(=O)/C=C/c1ccccc1.O=C(/C=C/c1ccccc1)OC[C@H]1OC(O)[C@@H](F)[C@@H]1OC(=O)/C=C/c1ccccc1. The maximum Gasteiger partial charge on any atom is 0.331 e. The Morgan fingerprint density at radius 3 is 1.55 bits per heavy atom. The molecule has 324 valence electrons. The predicted octanol–water partition coefficient (Wildman–Crippen LogP) is 6.12. The van der Waals surface area contributed by atoms with E-state index in [-0.39, 0.29) is 6.61 Å². The van der Waals surface area contributed by atoms with Crippen LogP contribution < -0.4 is 0 Å². The van der Waals surface area contributed by atoms with Gasteiger partial charge in [-0.3, -0.25) is 0 Å². The van der Waals surface area contributed by atoms with Gasteiger partial charge in [0.2, 0.25) is 0 Å². The molecule has 1 aliphatic rings. The maximum absolute atomic E-state index is 14.5.